The number of ether oxygens (including phenoxy) is 1. The normalized spacial score (nSPS) is 30.3. The molecule has 0 aromatic heterocycles. The Kier molecular flexibility index (Phi) is 3.53. The summed E-state index contributed by atoms with van der Waals surface area (Å²) in [7, 11) is 0. The van der Waals surface area contributed by atoms with Crippen LogP contribution in [0.4, 0.5) is 0 Å². The second kappa shape index (κ2) is 4.74. The van der Waals surface area contributed by atoms with Crippen LogP contribution < -0.4 is 5.32 Å². The third-order valence-electron chi connectivity index (χ3n) is 3.26. The lowest BCUT2D eigenvalue weighted by Gasteiger charge is -2.39. The summed E-state index contributed by atoms with van der Waals surface area (Å²) < 4.78 is 6.14. The molecule has 1 fully saturated rings. The van der Waals surface area contributed by atoms with Crippen molar-refractivity contribution < 1.29 is 4.74 Å². The van der Waals surface area contributed by atoms with Gasteiger partial charge in [0.25, 0.3) is 0 Å². The highest BCUT2D eigenvalue weighted by Gasteiger charge is 2.32. The van der Waals surface area contributed by atoms with Crippen molar-refractivity contribution in [2.24, 2.45) is 0 Å². The summed E-state index contributed by atoms with van der Waals surface area (Å²) in [5, 5.41) is 4.21. The number of morpholine rings is 1. The maximum atomic E-state index is 6.19. The first-order chi connectivity index (χ1) is 7.64. The number of benzene rings is 1. The molecule has 0 saturated carbocycles. The smallest absolute Gasteiger partial charge is 0.0971 e. The summed E-state index contributed by atoms with van der Waals surface area (Å²) in [6.07, 6.45) is 1.06. The largest absolute Gasteiger partial charge is 0.365 e. The SMILES string of the molecule is CCC1(C)CNCC(c2ccccc2Cl)O1. The standard InChI is InChI=1S/C13H18ClNO/c1-3-13(2)9-15-8-12(16-13)10-6-4-5-7-11(10)14/h4-7,12,15H,3,8-9H2,1-2H3. The van der Waals surface area contributed by atoms with Gasteiger partial charge < -0.3 is 10.1 Å². The van der Waals surface area contributed by atoms with Crippen molar-refractivity contribution in [1.82, 2.24) is 5.32 Å². The van der Waals surface area contributed by atoms with E-state index in [0.29, 0.717) is 0 Å². The van der Waals surface area contributed by atoms with Gasteiger partial charge in [0.2, 0.25) is 0 Å². The Hall–Kier alpha value is -0.570. The van der Waals surface area contributed by atoms with Crippen LogP contribution in [-0.4, -0.2) is 18.7 Å². The van der Waals surface area contributed by atoms with E-state index in [1.165, 1.54) is 0 Å². The molecular weight excluding hydrogens is 222 g/mol. The first kappa shape index (κ1) is 11.9. The summed E-state index contributed by atoms with van der Waals surface area (Å²) in [6, 6.07) is 7.90. The second-order valence-corrected chi connectivity index (χ2v) is 4.97. The number of hydrogen-bond donors (Lipinski definition) is 1. The predicted octanol–water partition coefficient (Wildman–Crippen LogP) is 3.17. The van der Waals surface area contributed by atoms with E-state index in [1.807, 2.05) is 24.3 Å². The third kappa shape index (κ3) is 2.40. The van der Waals surface area contributed by atoms with Crippen LogP contribution in [-0.2, 0) is 4.74 Å². The Bertz CT molecular complexity index is 369. The Labute approximate surface area is 102 Å². The van der Waals surface area contributed by atoms with E-state index in [0.717, 1.165) is 30.1 Å². The molecule has 1 aromatic carbocycles. The molecule has 2 atom stereocenters. The molecule has 1 N–H and O–H groups in total. The minimum absolute atomic E-state index is 0.0624. The van der Waals surface area contributed by atoms with Crippen molar-refractivity contribution in [1.29, 1.82) is 0 Å². The van der Waals surface area contributed by atoms with E-state index in [1.54, 1.807) is 0 Å². The van der Waals surface area contributed by atoms with Crippen LogP contribution >= 0.6 is 11.6 Å². The third-order valence-corrected chi connectivity index (χ3v) is 3.60. The highest BCUT2D eigenvalue weighted by molar-refractivity contribution is 6.31. The van der Waals surface area contributed by atoms with Crippen molar-refractivity contribution in [3.05, 3.63) is 34.9 Å². The van der Waals surface area contributed by atoms with Crippen molar-refractivity contribution in [3.8, 4) is 0 Å². The van der Waals surface area contributed by atoms with Gasteiger partial charge >= 0.3 is 0 Å². The fourth-order valence-electron chi connectivity index (χ4n) is 2.01. The van der Waals surface area contributed by atoms with Crippen molar-refractivity contribution in [2.75, 3.05) is 13.1 Å². The lowest BCUT2D eigenvalue weighted by atomic mass is 9.98. The molecule has 1 aromatic rings. The maximum absolute atomic E-state index is 6.19. The van der Waals surface area contributed by atoms with E-state index in [-0.39, 0.29) is 11.7 Å². The molecule has 0 spiro atoms. The number of halogens is 1. The van der Waals surface area contributed by atoms with E-state index in [9.17, 15) is 0 Å². The van der Waals surface area contributed by atoms with Gasteiger partial charge in [-0.2, -0.15) is 0 Å². The van der Waals surface area contributed by atoms with Gasteiger partial charge in [-0.25, -0.2) is 0 Å². The molecule has 2 unspecified atom stereocenters. The average molecular weight is 240 g/mol. The first-order valence-electron chi connectivity index (χ1n) is 5.77. The average Bonchev–Trinajstić information content (AvgIpc) is 2.30. The summed E-state index contributed by atoms with van der Waals surface area (Å²) >= 11 is 6.19. The quantitative estimate of drug-likeness (QED) is 0.856. The molecule has 88 valence electrons. The number of rotatable bonds is 2. The van der Waals surface area contributed by atoms with Gasteiger partial charge in [-0.1, -0.05) is 36.7 Å². The minimum atomic E-state index is -0.0813. The van der Waals surface area contributed by atoms with Gasteiger partial charge in [0.1, 0.15) is 0 Å². The number of hydrogen-bond acceptors (Lipinski definition) is 2. The maximum Gasteiger partial charge on any atom is 0.0971 e. The summed E-state index contributed by atoms with van der Waals surface area (Å²) in [5.41, 5.74) is 0.998. The van der Waals surface area contributed by atoms with Gasteiger partial charge in [0, 0.05) is 23.7 Å². The van der Waals surface area contributed by atoms with Crippen LogP contribution in [0.15, 0.2) is 24.3 Å². The fourth-order valence-corrected chi connectivity index (χ4v) is 2.27. The van der Waals surface area contributed by atoms with Crippen molar-refractivity contribution in [2.45, 2.75) is 32.0 Å². The molecule has 0 aliphatic carbocycles. The molecule has 2 nitrogen and oxygen atoms in total. The molecule has 3 heteroatoms. The van der Waals surface area contributed by atoms with Crippen LogP contribution in [0, 0.1) is 0 Å². The van der Waals surface area contributed by atoms with Gasteiger partial charge in [-0.05, 0) is 19.4 Å². The Morgan fingerprint density at radius 1 is 1.50 bits per heavy atom. The van der Waals surface area contributed by atoms with Crippen LogP contribution in [0.3, 0.4) is 0 Å². The van der Waals surface area contributed by atoms with E-state index >= 15 is 0 Å². The summed E-state index contributed by atoms with van der Waals surface area (Å²) in [4.78, 5) is 0. The lowest BCUT2D eigenvalue weighted by molar-refractivity contribution is -0.109. The molecular formula is C13H18ClNO. The predicted molar refractivity (Wildman–Crippen MR) is 66.8 cm³/mol. The van der Waals surface area contributed by atoms with Gasteiger partial charge in [0.15, 0.2) is 0 Å². The lowest BCUT2D eigenvalue weighted by Crippen LogP contribution is -2.48. The monoisotopic (exact) mass is 239 g/mol. The van der Waals surface area contributed by atoms with Crippen molar-refractivity contribution in [3.63, 3.8) is 0 Å². The first-order valence-corrected chi connectivity index (χ1v) is 6.15. The van der Waals surface area contributed by atoms with Crippen molar-refractivity contribution >= 4 is 11.6 Å². The molecule has 0 amide bonds. The van der Waals surface area contributed by atoms with Gasteiger partial charge in [0.05, 0.1) is 11.7 Å². The Balaban J connectivity index is 2.19. The van der Waals surface area contributed by atoms with Crippen LogP contribution in [0.2, 0.25) is 5.02 Å². The molecule has 0 radical (unpaired) electrons. The zero-order valence-corrected chi connectivity index (χ0v) is 10.6. The molecule has 2 rings (SSSR count). The van der Waals surface area contributed by atoms with Crippen LogP contribution in [0.5, 0.6) is 0 Å². The van der Waals surface area contributed by atoms with E-state index in [2.05, 4.69) is 19.2 Å². The molecule has 1 aliphatic rings. The van der Waals surface area contributed by atoms with Gasteiger partial charge in [-0.15, -0.1) is 0 Å². The summed E-state index contributed by atoms with van der Waals surface area (Å²) in [6.45, 7) is 6.03. The van der Waals surface area contributed by atoms with Gasteiger partial charge in [-0.3, -0.25) is 0 Å². The molecule has 1 heterocycles. The van der Waals surface area contributed by atoms with E-state index in [4.69, 9.17) is 16.3 Å². The molecule has 0 bridgehead atoms. The zero-order valence-electron chi connectivity index (χ0n) is 9.79. The van der Waals surface area contributed by atoms with Crippen LogP contribution in [0.25, 0.3) is 0 Å². The molecule has 1 aliphatic heterocycles. The highest BCUT2D eigenvalue weighted by Crippen LogP contribution is 2.32. The summed E-state index contributed by atoms with van der Waals surface area (Å²) in [5.74, 6) is 0. The minimum Gasteiger partial charge on any atom is -0.365 e. The highest BCUT2D eigenvalue weighted by atomic mass is 35.5. The molecule has 16 heavy (non-hydrogen) atoms. The molecule has 1 saturated heterocycles. The Morgan fingerprint density at radius 2 is 2.25 bits per heavy atom. The number of nitrogens with one attached hydrogen (secondary N) is 1. The zero-order chi connectivity index (χ0) is 11.6. The Morgan fingerprint density at radius 3 is 2.94 bits per heavy atom. The van der Waals surface area contributed by atoms with Crippen LogP contribution in [0.1, 0.15) is 31.9 Å². The fraction of sp³-hybridized carbons (Fsp3) is 0.538. The second-order valence-electron chi connectivity index (χ2n) is 4.56. The van der Waals surface area contributed by atoms with E-state index < -0.39 is 0 Å². The topological polar surface area (TPSA) is 21.3 Å².